The molecule has 0 bridgehead atoms. The van der Waals surface area contributed by atoms with Crippen molar-refractivity contribution in [3.8, 4) is 0 Å². The number of rotatable bonds is 3. The SMILES string of the molecule is CC(C)C1COC(=O)N1c1cncc(C2CCN(C(=O)C(C)(C)C)CC2)n1. The first-order chi connectivity index (χ1) is 12.7. The van der Waals surface area contributed by atoms with Crippen LogP contribution in [0.15, 0.2) is 12.4 Å². The van der Waals surface area contributed by atoms with Crippen LogP contribution in [0.5, 0.6) is 0 Å². The van der Waals surface area contributed by atoms with Gasteiger partial charge in [-0.15, -0.1) is 0 Å². The number of hydrogen-bond acceptors (Lipinski definition) is 5. The standard InChI is InChI=1S/C20H30N4O3/c1-13(2)16-12-27-19(26)24(16)17-11-21-10-15(22-17)14-6-8-23(9-7-14)18(25)20(3,4)5/h10-11,13-14,16H,6-9,12H2,1-5H3. The number of carbonyl (C=O) groups is 2. The molecule has 148 valence electrons. The van der Waals surface area contributed by atoms with Crippen molar-refractivity contribution < 1.29 is 14.3 Å². The van der Waals surface area contributed by atoms with Crippen molar-refractivity contribution in [1.82, 2.24) is 14.9 Å². The summed E-state index contributed by atoms with van der Waals surface area (Å²) in [4.78, 5) is 37.3. The normalized spacial score (nSPS) is 21.7. The molecule has 2 aliphatic rings. The lowest BCUT2D eigenvalue weighted by Gasteiger charge is -2.35. The largest absolute Gasteiger partial charge is 0.447 e. The number of ether oxygens (including phenoxy) is 1. The molecule has 0 spiro atoms. The molecule has 1 aromatic rings. The number of carbonyl (C=O) groups excluding carboxylic acids is 2. The van der Waals surface area contributed by atoms with Crippen LogP contribution in [0.4, 0.5) is 10.6 Å². The van der Waals surface area contributed by atoms with Crippen LogP contribution in [0.25, 0.3) is 0 Å². The van der Waals surface area contributed by atoms with E-state index in [0.717, 1.165) is 31.6 Å². The Labute approximate surface area is 161 Å². The fraction of sp³-hybridized carbons (Fsp3) is 0.700. The van der Waals surface area contributed by atoms with Crippen molar-refractivity contribution in [2.45, 2.75) is 59.4 Å². The van der Waals surface area contributed by atoms with E-state index in [0.29, 0.717) is 12.4 Å². The summed E-state index contributed by atoms with van der Waals surface area (Å²) in [6, 6.07) is -0.0201. The van der Waals surface area contributed by atoms with E-state index >= 15 is 0 Å². The van der Waals surface area contributed by atoms with Gasteiger partial charge in [0.05, 0.1) is 17.9 Å². The highest BCUT2D eigenvalue weighted by Crippen LogP contribution is 2.31. The summed E-state index contributed by atoms with van der Waals surface area (Å²) in [5.41, 5.74) is 0.534. The molecule has 1 unspecified atom stereocenters. The lowest BCUT2D eigenvalue weighted by Crippen LogP contribution is -2.43. The lowest BCUT2D eigenvalue weighted by molar-refractivity contribution is -0.140. The summed E-state index contributed by atoms with van der Waals surface area (Å²) in [6.07, 6.45) is 4.77. The third-order valence-corrected chi connectivity index (χ3v) is 5.40. The summed E-state index contributed by atoms with van der Waals surface area (Å²) in [6.45, 7) is 11.8. The third-order valence-electron chi connectivity index (χ3n) is 5.40. The summed E-state index contributed by atoms with van der Waals surface area (Å²) < 4.78 is 5.23. The summed E-state index contributed by atoms with van der Waals surface area (Å²) >= 11 is 0. The van der Waals surface area contributed by atoms with Crippen LogP contribution in [-0.4, -0.2) is 52.6 Å². The van der Waals surface area contributed by atoms with Gasteiger partial charge in [-0.25, -0.2) is 9.78 Å². The Kier molecular flexibility index (Phi) is 5.40. The molecule has 7 nitrogen and oxygen atoms in total. The zero-order valence-electron chi connectivity index (χ0n) is 16.9. The van der Waals surface area contributed by atoms with Crippen molar-refractivity contribution in [1.29, 1.82) is 0 Å². The Morgan fingerprint density at radius 1 is 1.22 bits per heavy atom. The molecule has 1 atom stereocenters. The summed E-state index contributed by atoms with van der Waals surface area (Å²) in [5.74, 6) is 1.27. The molecule has 0 saturated carbocycles. The number of aromatic nitrogens is 2. The van der Waals surface area contributed by atoms with E-state index in [1.807, 2.05) is 25.7 Å². The van der Waals surface area contributed by atoms with E-state index in [9.17, 15) is 9.59 Å². The van der Waals surface area contributed by atoms with Gasteiger partial charge >= 0.3 is 6.09 Å². The Morgan fingerprint density at radius 2 is 1.89 bits per heavy atom. The average molecular weight is 374 g/mol. The van der Waals surface area contributed by atoms with E-state index in [1.54, 1.807) is 17.3 Å². The van der Waals surface area contributed by atoms with E-state index in [2.05, 4.69) is 18.8 Å². The van der Waals surface area contributed by atoms with Crippen LogP contribution in [0.2, 0.25) is 0 Å². The molecule has 2 amide bonds. The molecule has 3 rings (SSSR count). The summed E-state index contributed by atoms with van der Waals surface area (Å²) in [7, 11) is 0. The van der Waals surface area contributed by atoms with Gasteiger partial charge in [0.25, 0.3) is 0 Å². The van der Waals surface area contributed by atoms with Crippen molar-refractivity contribution in [2.24, 2.45) is 11.3 Å². The molecule has 1 aromatic heterocycles. The second-order valence-electron chi connectivity index (χ2n) is 8.88. The van der Waals surface area contributed by atoms with Crippen LogP contribution in [0.3, 0.4) is 0 Å². The van der Waals surface area contributed by atoms with Crippen molar-refractivity contribution >= 4 is 17.8 Å². The van der Waals surface area contributed by atoms with Crippen LogP contribution in [-0.2, 0) is 9.53 Å². The Bertz CT molecular complexity index is 705. The van der Waals surface area contributed by atoms with Gasteiger partial charge in [-0.2, -0.15) is 0 Å². The van der Waals surface area contributed by atoms with Gasteiger partial charge in [-0.3, -0.25) is 14.7 Å². The first-order valence-electron chi connectivity index (χ1n) is 9.75. The maximum atomic E-state index is 12.5. The minimum Gasteiger partial charge on any atom is -0.447 e. The molecule has 2 aliphatic heterocycles. The number of nitrogens with zero attached hydrogens (tertiary/aromatic N) is 4. The predicted octanol–water partition coefficient (Wildman–Crippen LogP) is 3.21. The number of piperidine rings is 1. The third kappa shape index (κ3) is 4.06. The topological polar surface area (TPSA) is 75.6 Å². The molecule has 3 heterocycles. The fourth-order valence-corrected chi connectivity index (χ4v) is 3.73. The minimum atomic E-state index is -0.356. The molecule has 2 saturated heterocycles. The maximum absolute atomic E-state index is 12.5. The van der Waals surface area contributed by atoms with Crippen LogP contribution < -0.4 is 4.90 Å². The quantitative estimate of drug-likeness (QED) is 0.812. The van der Waals surface area contributed by atoms with Gasteiger partial charge in [0.15, 0.2) is 5.82 Å². The molecule has 0 N–H and O–H groups in total. The fourth-order valence-electron chi connectivity index (χ4n) is 3.73. The highest BCUT2D eigenvalue weighted by atomic mass is 16.6. The van der Waals surface area contributed by atoms with Gasteiger partial charge in [0.2, 0.25) is 5.91 Å². The zero-order chi connectivity index (χ0) is 19.8. The molecule has 0 aliphatic carbocycles. The number of cyclic esters (lactones) is 1. The van der Waals surface area contributed by atoms with Crippen LogP contribution >= 0.6 is 0 Å². The van der Waals surface area contributed by atoms with E-state index < -0.39 is 0 Å². The number of amides is 2. The van der Waals surface area contributed by atoms with E-state index in [1.165, 1.54) is 0 Å². The van der Waals surface area contributed by atoms with Gasteiger partial charge in [-0.05, 0) is 18.8 Å². The van der Waals surface area contributed by atoms with E-state index in [-0.39, 0.29) is 35.3 Å². The Balaban J connectivity index is 1.72. The maximum Gasteiger partial charge on any atom is 0.415 e. The van der Waals surface area contributed by atoms with Crippen molar-refractivity contribution in [3.05, 3.63) is 18.1 Å². The number of anilines is 1. The minimum absolute atomic E-state index is 0.0201. The summed E-state index contributed by atoms with van der Waals surface area (Å²) in [5, 5.41) is 0. The molecule has 7 heteroatoms. The predicted molar refractivity (Wildman–Crippen MR) is 102 cm³/mol. The number of hydrogen-bond donors (Lipinski definition) is 0. The lowest BCUT2D eigenvalue weighted by atomic mass is 9.90. The smallest absolute Gasteiger partial charge is 0.415 e. The number of likely N-dealkylation sites (tertiary alicyclic amines) is 1. The Hall–Kier alpha value is -2.18. The molecular weight excluding hydrogens is 344 g/mol. The second kappa shape index (κ2) is 7.44. The van der Waals surface area contributed by atoms with Gasteiger partial charge < -0.3 is 9.64 Å². The first kappa shape index (κ1) is 19.6. The zero-order valence-corrected chi connectivity index (χ0v) is 16.9. The van der Waals surface area contributed by atoms with Gasteiger partial charge in [-0.1, -0.05) is 34.6 Å². The van der Waals surface area contributed by atoms with Crippen molar-refractivity contribution in [3.63, 3.8) is 0 Å². The van der Waals surface area contributed by atoms with Crippen molar-refractivity contribution in [2.75, 3.05) is 24.6 Å². The highest BCUT2D eigenvalue weighted by Gasteiger charge is 2.38. The van der Waals surface area contributed by atoms with Gasteiger partial charge in [0.1, 0.15) is 6.61 Å². The van der Waals surface area contributed by atoms with Gasteiger partial charge in [0, 0.05) is 30.6 Å². The first-order valence-corrected chi connectivity index (χ1v) is 9.75. The molecule has 27 heavy (non-hydrogen) atoms. The van der Waals surface area contributed by atoms with Crippen LogP contribution in [0, 0.1) is 11.3 Å². The molecule has 2 fully saturated rings. The van der Waals surface area contributed by atoms with E-state index in [4.69, 9.17) is 9.72 Å². The molecular formula is C20H30N4O3. The highest BCUT2D eigenvalue weighted by molar-refractivity contribution is 5.89. The monoisotopic (exact) mass is 374 g/mol. The Morgan fingerprint density at radius 3 is 2.48 bits per heavy atom. The average Bonchev–Trinajstić information content (AvgIpc) is 3.02. The van der Waals surface area contributed by atoms with Crippen LogP contribution in [0.1, 0.15) is 59.1 Å². The molecule has 0 aromatic carbocycles. The molecule has 0 radical (unpaired) electrons. The second-order valence-corrected chi connectivity index (χ2v) is 8.88.